The molecule has 1 aliphatic rings. The molecule has 0 saturated carbocycles. The van der Waals surface area contributed by atoms with Crippen molar-refractivity contribution in [3.63, 3.8) is 0 Å². The average molecular weight is 257 g/mol. The zero-order valence-corrected chi connectivity index (χ0v) is 10.1. The van der Waals surface area contributed by atoms with Gasteiger partial charge in [0, 0.05) is 11.4 Å². The Balaban J connectivity index is 1.93. The minimum Gasteiger partial charge on any atom is -0.324 e. The maximum Gasteiger partial charge on any atom is 0.224 e. The molecule has 1 aromatic carbocycles. The zero-order chi connectivity index (χ0) is 12.3. The molecular formula is C12H14ClFN2O. The van der Waals surface area contributed by atoms with E-state index in [0.717, 1.165) is 19.5 Å². The Labute approximate surface area is 104 Å². The summed E-state index contributed by atoms with van der Waals surface area (Å²) in [5.74, 6) is -0.305. The first kappa shape index (κ1) is 12.3. The fourth-order valence-electron chi connectivity index (χ4n) is 1.94. The van der Waals surface area contributed by atoms with Gasteiger partial charge in [-0.05, 0) is 43.6 Å². The molecule has 1 fully saturated rings. The summed E-state index contributed by atoms with van der Waals surface area (Å²) in [6.45, 7) is 1.81. The van der Waals surface area contributed by atoms with Gasteiger partial charge in [-0.25, -0.2) is 4.39 Å². The smallest absolute Gasteiger partial charge is 0.224 e. The number of carbonyl (C=O) groups is 1. The predicted molar refractivity (Wildman–Crippen MR) is 65.6 cm³/mol. The standard InChI is InChI=1S/C12H14ClFN2O/c13-9-1-2-11(10(14)6-9)16-12(17)5-8-3-4-15-7-8/h1-2,6,8,15H,3-5,7H2,(H,16,17). The first-order valence-corrected chi connectivity index (χ1v) is 5.98. The third-order valence-corrected chi connectivity index (χ3v) is 3.08. The van der Waals surface area contributed by atoms with Gasteiger partial charge in [-0.1, -0.05) is 11.6 Å². The van der Waals surface area contributed by atoms with E-state index >= 15 is 0 Å². The lowest BCUT2D eigenvalue weighted by Gasteiger charge is -2.09. The van der Waals surface area contributed by atoms with Crippen molar-refractivity contribution in [3.8, 4) is 0 Å². The van der Waals surface area contributed by atoms with Crippen LogP contribution in [-0.2, 0) is 4.79 Å². The molecule has 0 radical (unpaired) electrons. The summed E-state index contributed by atoms with van der Waals surface area (Å²) in [6.07, 6.45) is 1.42. The summed E-state index contributed by atoms with van der Waals surface area (Å²) in [6, 6.07) is 4.22. The highest BCUT2D eigenvalue weighted by Gasteiger charge is 2.18. The third-order valence-electron chi connectivity index (χ3n) is 2.84. The first-order chi connectivity index (χ1) is 8.15. The molecule has 1 saturated heterocycles. The number of benzene rings is 1. The van der Waals surface area contributed by atoms with Crippen LogP contribution in [0.4, 0.5) is 10.1 Å². The second kappa shape index (κ2) is 5.47. The van der Waals surface area contributed by atoms with Crippen molar-refractivity contribution >= 4 is 23.2 Å². The number of carbonyl (C=O) groups excluding carboxylic acids is 1. The lowest BCUT2D eigenvalue weighted by atomic mass is 10.0. The molecule has 3 nitrogen and oxygen atoms in total. The molecule has 0 aliphatic carbocycles. The third kappa shape index (κ3) is 3.41. The molecule has 1 aromatic rings. The lowest BCUT2D eigenvalue weighted by Crippen LogP contribution is -2.18. The molecule has 1 unspecified atom stereocenters. The van der Waals surface area contributed by atoms with Gasteiger partial charge in [0.2, 0.25) is 5.91 Å². The van der Waals surface area contributed by atoms with E-state index in [9.17, 15) is 9.18 Å². The monoisotopic (exact) mass is 256 g/mol. The largest absolute Gasteiger partial charge is 0.324 e. The Morgan fingerprint density at radius 1 is 1.59 bits per heavy atom. The second-order valence-corrected chi connectivity index (χ2v) is 4.67. The predicted octanol–water partition coefficient (Wildman–Crippen LogP) is 2.42. The van der Waals surface area contributed by atoms with Crippen LogP contribution in [0.5, 0.6) is 0 Å². The van der Waals surface area contributed by atoms with E-state index in [1.807, 2.05) is 0 Å². The minimum absolute atomic E-state index is 0.153. The van der Waals surface area contributed by atoms with Gasteiger partial charge in [0.25, 0.3) is 0 Å². The van der Waals surface area contributed by atoms with Crippen molar-refractivity contribution in [1.29, 1.82) is 0 Å². The highest BCUT2D eigenvalue weighted by Crippen LogP contribution is 2.20. The summed E-state index contributed by atoms with van der Waals surface area (Å²) >= 11 is 5.63. The summed E-state index contributed by atoms with van der Waals surface area (Å²) < 4.78 is 13.4. The van der Waals surface area contributed by atoms with Crippen molar-refractivity contribution in [2.75, 3.05) is 18.4 Å². The molecule has 0 bridgehead atoms. The van der Waals surface area contributed by atoms with Crippen LogP contribution in [0.15, 0.2) is 18.2 Å². The fourth-order valence-corrected chi connectivity index (χ4v) is 2.10. The average Bonchev–Trinajstić information content (AvgIpc) is 2.75. The van der Waals surface area contributed by atoms with Gasteiger partial charge in [-0.15, -0.1) is 0 Å². The van der Waals surface area contributed by atoms with Crippen LogP contribution < -0.4 is 10.6 Å². The Morgan fingerprint density at radius 3 is 3.06 bits per heavy atom. The quantitative estimate of drug-likeness (QED) is 0.872. The number of anilines is 1. The van der Waals surface area contributed by atoms with Crippen molar-refractivity contribution in [3.05, 3.63) is 29.0 Å². The maximum atomic E-state index is 13.4. The molecule has 17 heavy (non-hydrogen) atoms. The Morgan fingerprint density at radius 2 is 2.41 bits per heavy atom. The van der Waals surface area contributed by atoms with Gasteiger partial charge in [0.15, 0.2) is 0 Å². The van der Waals surface area contributed by atoms with Crippen molar-refractivity contribution in [2.24, 2.45) is 5.92 Å². The van der Waals surface area contributed by atoms with Crippen molar-refractivity contribution in [1.82, 2.24) is 5.32 Å². The molecule has 5 heteroatoms. The van der Waals surface area contributed by atoms with Gasteiger partial charge >= 0.3 is 0 Å². The van der Waals surface area contributed by atoms with E-state index < -0.39 is 5.82 Å². The van der Waals surface area contributed by atoms with E-state index in [2.05, 4.69) is 10.6 Å². The normalized spacial score (nSPS) is 19.3. The number of halogens is 2. The van der Waals surface area contributed by atoms with Gasteiger partial charge in [-0.2, -0.15) is 0 Å². The van der Waals surface area contributed by atoms with E-state index in [-0.39, 0.29) is 11.6 Å². The number of amides is 1. The fraction of sp³-hybridized carbons (Fsp3) is 0.417. The molecule has 2 rings (SSSR count). The van der Waals surface area contributed by atoms with E-state index in [1.165, 1.54) is 12.1 Å². The van der Waals surface area contributed by atoms with Crippen molar-refractivity contribution in [2.45, 2.75) is 12.8 Å². The molecule has 1 heterocycles. The summed E-state index contributed by atoms with van der Waals surface area (Å²) in [7, 11) is 0. The van der Waals surface area contributed by atoms with Crippen molar-refractivity contribution < 1.29 is 9.18 Å². The highest BCUT2D eigenvalue weighted by atomic mass is 35.5. The minimum atomic E-state index is -0.504. The summed E-state index contributed by atoms with van der Waals surface area (Å²) in [5, 5.41) is 6.07. The molecule has 2 N–H and O–H groups in total. The number of hydrogen-bond donors (Lipinski definition) is 2. The molecular weight excluding hydrogens is 243 g/mol. The summed E-state index contributed by atoms with van der Waals surface area (Å²) in [4.78, 5) is 11.7. The molecule has 1 amide bonds. The topological polar surface area (TPSA) is 41.1 Å². The second-order valence-electron chi connectivity index (χ2n) is 4.24. The number of rotatable bonds is 3. The Hall–Kier alpha value is -1.13. The molecule has 0 spiro atoms. The molecule has 92 valence electrons. The Bertz CT molecular complexity index is 419. The first-order valence-electron chi connectivity index (χ1n) is 5.61. The van der Waals surface area contributed by atoms with E-state index in [4.69, 9.17) is 11.6 Å². The lowest BCUT2D eigenvalue weighted by molar-refractivity contribution is -0.117. The van der Waals surface area contributed by atoms with Crippen LogP contribution in [0.2, 0.25) is 5.02 Å². The van der Waals surface area contributed by atoms with E-state index in [0.29, 0.717) is 17.4 Å². The van der Waals surface area contributed by atoms with Crippen LogP contribution in [0.25, 0.3) is 0 Å². The number of hydrogen-bond acceptors (Lipinski definition) is 2. The zero-order valence-electron chi connectivity index (χ0n) is 9.30. The van der Waals surface area contributed by atoms with E-state index in [1.54, 1.807) is 6.07 Å². The molecule has 1 atom stereocenters. The van der Waals surface area contributed by atoms with Gasteiger partial charge in [-0.3, -0.25) is 4.79 Å². The molecule has 1 aliphatic heterocycles. The number of nitrogens with one attached hydrogen (secondary N) is 2. The van der Waals surface area contributed by atoms with Crippen LogP contribution >= 0.6 is 11.6 Å². The maximum absolute atomic E-state index is 13.4. The van der Waals surface area contributed by atoms with Gasteiger partial charge in [0.05, 0.1) is 5.69 Å². The van der Waals surface area contributed by atoms with Gasteiger partial charge < -0.3 is 10.6 Å². The van der Waals surface area contributed by atoms with Crippen LogP contribution in [0.3, 0.4) is 0 Å². The molecule has 0 aromatic heterocycles. The SMILES string of the molecule is O=C(CC1CCNC1)Nc1ccc(Cl)cc1F. The summed E-state index contributed by atoms with van der Waals surface area (Å²) in [5.41, 5.74) is 0.186. The Kier molecular flexibility index (Phi) is 3.97. The highest BCUT2D eigenvalue weighted by molar-refractivity contribution is 6.30. The van der Waals surface area contributed by atoms with Crippen LogP contribution in [0, 0.1) is 11.7 Å². The van der Waals surface area contributed by atoms with Gasteiger partial charge in [0.1, 0.15) is 5.82 Å². The van der Waals surface area contributed by atoms with Crippen LogP contribution in [0.1, 0.15) is 12.8 Å². The van der Waals surface area contributed by atoms with Crippen LogP contribution in [-0.4, -0.2) is 19.0 Å².